The highest BCUT2D eigenvalue weighted by Gasteiger charge is 2.42. The summed E-state index contributed by atoms with van der Waals surface area (Å²) in [5.74, 6) is 7.56. The third-order valence-corrected chi connectivity index (χ3v) is 8.90. The molecule has 0 radical (unpaired) electrons. The number of methoxy groups -OCH3 is 1. The Kier molecular flexibility index (Phi) is 14.3. The third-order valence-electron chi connectivity index (χ3n) is 8.90. The van der Waals surface area contributed by atoms with Crippen LogP contribution < -0.4 is 4.74 Å². The van der Waals surface area contributed by atoms with E-state index in [0.29, 0.717) is 12.7 Å². The molecule has 0 N–H and O–H groups in total. The van der Waals surface area contributed by atoms with E-state index in [1.807, 2.05) is 26.0 Å². The fourth-order valence-corrected chi connectivity index (χ4v) is 5.55. The van der Waals surface area contributed by atoms with Gasteiger partial charge in [-0.15, -0.1) is 0 Å². The maximum atomic E-state index is 6.71. The van der Waals surface area contributed by atoms with E-state index in [2.05, 4.69) is 107 Å². The molecular weight excluding hydrogens is 534 g/mol. The minimum Gasteiger partial charge on any atom is -0.489 e. The Balaban J connectivity index is 0.00000452. The summed E-state index contributed by atoms with van der Waals surface area (Å²) < 4.78 is 24.5. The molecule has 1 unspecified atom stereocenters. The summed E-state index contributed by atoms with van der Waals surface area (Å²) in [6.45, 7) is 33.7. The largest absolute Gasteiger partial charge is 0.489 e. The standard InChI is InChI=1S/C36H61NO4.C2H6/c1-15-36(13,21-20-34(9,10)35(11,12)41-31(2,3)4)39-26-33(7,8)25-32(5,6)19-18-27-16-17-28(24-37-27)40-30-22-29(23-30)38-14;1-2/h16-17,24,29-30H,15,20-23,25-26H2,1-14H3;1-2H3. The second-order valence-electron chi connectivity index (χ2n) is 16.1. The quantitative estimate of drug-likeness (QED) is 0.199. The van der Waals surface area contributed by atoms with Gasteiger partial charge in [0.1, 0.15) is 17.5 Å². The van der Waals surface area contributed by atoms with E-state index in [-0.39, 0.29) is 39.2 Å². The zero-order valence-corrected chi connectivity index (χ0v) is 30.9. The molecule has 0 amide bonds. The van der Waals surface area contributed by atoms with Crippen molar-refractivity contribution in [2.24, 2.45) is 16.2 Å². The Morgan fingerprint density at radius 1 is 0.860 bits per heavy atom. The van der Waals surface area contributed by atoms with E-state index in [0.717, 1.165) is 50.0 Å². The number of pyridine rings is 1. The van der Waals surface area contributed by atoms with Gasteiger partial charge in [-0.05, 0) is 110 Å². The molecule has 248 valence electrons. The van der Waals surface area contributed by atoms with Crippen molar-refractivity contribution in [2.75, 3.05) is 13.7 Å². The molecule has 0 aliphatic heterocycles. The zero-order chi connectivity index (χ0) is 33.3. The van der Waals surface area contributed by atoms with Crippen molar-refractivity contribution in [1.29, 1.82) is 0 Å². The smallest absolute Gasteiger partial charge is 0.138 e. The number of nitrogens with zero attached hydrogens (tertiary/aromatic N) is 1. The highest BCUT2D eigenvalue weighted by atomic mass is 16.5. The van der Waals surface area contributed by atoms with Gasteiger partial charge in [-0.3, -0.25) is 0 Å². The molecule has 0 spiro atoms. The first kappa shape index (κ1) is 39.4. The first-order chi connectivity index (χ1) is 19.6. The van der Waals surface area contributed by atoms with E-state index in [4.69, 9.17) is 18.9 Å². The molecule has 1 aliphatic carbocycles. The van der Waals surface area contributed by atoms with Crippen LogP contribution in [0.3, 0.4) is 0 Å². The van der Waals surface area contributed by atoms with Gasteiger partial charge in [0.05, 0.1) is 35.7 Å². The Morgan fingerprint density at radius 3 is 1.95 bits per heavy atom. The van der Waals surface area contributed by atoms with Crippen LogP contribution in [-0.2, 0) is 14.2 Å². The first-order valence-corrected chi connectivity index (χ1v) is 16.6. The molecule has 43 heavy (non-hydrogen) atoms. The van der Waals surface area contributed by atoms with Gasteiger partial charge in [0.25, 0.3) is 0 Å². The van der Waals surface area contributed by atoms with E-state index in [9.17, 15) is 0 Å². The summed E-state index contributed by atoms with van der Waals surface area (Å²) in [6.07, 6.45) is 8.11. The molecule has 5 nitrogen and oxygen atoms in total. The number of ether oxygens (including phenoxy) is 4. The van der Waals surface area contributed by atoms with Crippen LogP contribution in [-0.4, -0.2) is 47.7 Å². The maximum Gasteiger partial charge on any atom is 0.138 e. The highest BCUT2D eigenvalue weighted by Crippen LogP contribution is 2.43. The van der Waals surface area contributed by atoms with Gasteiger partial charge in [-0.2, -0.15) is 0 Å². The lowest BCUT2D eigenvalue weighted by Crippen LogP contribution is -2.47. The van der Waals surface area contributed by atoms with Gasteiger partial charge in [0.2, 0.25) is 0 Å². The summed E-state index contributed by atoms with van der Waals surface area (Å²) in [4.78, 5) is 4.52. The average molecular weight is 602 g/mol. The van der Waals surface area contributed by atoms with Crippen molar-refractivity contribution in [1.82, 2.24) is 4.98 Å². The molecule has 1 fully saturated rings. The van der Waals surface area contributed by atoms with Crippen molar-refractivity contribution in [3.05, 3.63) is 24.0 Å². The average Bonchev–Trinajstić information content (AvgIpc) is 2.87. The lowest BCUT2D eigenvalue weighted by molar-refractivity contribution is -0.174. The van der Waals surface area contributed by atoms with Crippen molar-refractivity contribution in [3.63, 3.8) is 0 Å². The Morgan fingerprint density at radius 2 is 1.47 bits per heavy atom. The summed E-state index contributed by atoms with van der Waals surface area (Å²) in [7, 11) is 1.75. The number of hydrogen-bond donors (Lipinski definition) is 0. The van der Waals surface area contributed by atoms with Crippen LogP contribution in [0.15, 0.2) is 18.3 Å². The number of aromatic nitrogens is 1. The molecule has 2 rings (SSSR count). The fourth-order valence-electron chi connectivity index (χ4n) is 5.55. The SMILES string of the molecule is CC.CCC(C)(CCC(C)(C)C(C)(C)OC(C)(C)C)OCC(C)(C)CC(C)(C)C#Cc1ccc(OC2CC(OC)C2)cn1. The predicted octanol–water partition coefficient (Wildman–Crippen LogP) is 10.0. The second-order valence-corrected chi connectivity index (χ2v) is 16.1. The predicted molar refractivity (Wildman–Crippen MR) is 182 cm³/mol. The molecule has 1 aromatic rings. The zero-order valence-electron chi connectivity index (χ0n) is 30.9. The normalized spacial score (nSPS) is 19.3. The summed E-state index contributed by atoms with van der Waals surface area (Å²) in [6, 6.07) is 3.91. The second kappa shape index (κ2) is 15.6. The van der Waals surface area contributed by atoms with E-state index in [1.54, 1.807) is 13.3 Å². The van der Waals surface area contributed by atoms with Crippen LogP contribution in [0.4, 0.5) is 0 Å². The van der Waals surface area contributed by atoms with Gasteiger partial charge in [0.15, 0.2) is 0 Å². The van der Waals surface area contributed by atoms with Crippen LogP contribution in [0.25, 0.3) is 0 Å². The number of rotatable bonds is 14. The third kappa shape index (κ3) is 13.5. The molecule has 1 atom stereocenters. The molecule has 0 saturated heterocycles. The molecular formula is C38H67NO4. The van der Waals surface area contributed by atoms with Gasteiger partial charge >= 0.3 is 0 Å². The Hall–Kier alpha value is -1.61. The molecule has 1 heterocycles. The van der Waals surface area contributed by atoms with Crippen molar-refractivity contribution in [2.45, 2.75) is 171 Å². The minimum atomic E-state index is -0.242. The molecule has 5 heteroatoms. The molecule has 1 aliphatic rings. The summed E-state index contributed by atoms with van der Waals surface area (Å²) in [5, 5.41) is 0. The maximum absolute atomic E-state index is 6.71. The lowest BCUT2D eigenvalue weighted by atomic mass is 9.71. The Bertz CT molecular complexity index is 1020. The molecule has 0 aromatic carbocycles. The highest BCUT2D eigenvalue weighted by molar-refractivity contribution is 5.32. The van der Waals surface area contributed by atoms with Crippen molar-refractivity contribution in [3.8, 4) is 17.6 Å². The van der Waals surface area contributed by atoms with Crippen LogP contribution in [0.5, 0.6) is 5.75 Å². The molecule has 1 saturated carbocycles. The number of hydrogen-bond acceptors (Lipinski definition) is 5. The lowest BCUT2D eigenvalue weighted by Gasteiger charge is -2.47. The van der Waals surface area contributed by atoms with Gasteiger partial charge in [-0.25, -0.2) is 4.98 Å². The van der Waals surface area contributed by atoms with Gasteiger partial charge in [-0.1, -0.05) is 54.4 Å². The van der Waals surface area contributed by atoms with E-state index >= 15 is 0 Å². The van der Waals surface area contributed by atoms with Crippen LogP contribution in [0, 0.1) is 28.1 Å². The monoisotopic (exact) mass is 602 g/mol. The minimum absolute atomic E-state index is 0.00973. The summed E-state index contributed by atoms with van der Waals surface area (Å²) >= 11 is 0. The fraction of sp³-hybridized carbons (Fsp3) is 0.816. The van der Waals surface area contributed by atoms with E-state index < -0.39 is 0 Å². The van der Waals surface area contributed by atoms with Crippen LogP contribution in [0.2, 0.25) is 0 Å². The first-order valence-electron chi connectivity index (χ1n) is 16.6. The van der Waals surface area contributed by atoms with Crippen LogP contribution >= 0.6 is 0 Å². The summed E-state index contributed by atoms with van der Waals surface area (Å²) in [5.41, 5.74) is -0.0218. The molecule has 1 aromatic heterocycles. The van der Waals surface area contributed by atoms with Crippen LogP contribution in [0.1, 0.15) is 148 Å². The Labute approximate surface area is 266 Å². The van der Waals surface area contributed by atoms with Crippen molar-refractivity contribution >= 4 is 0 Å². The molecule has 0 bridgehead atoms. The topological polar surface area (TPSA) is 49.8 Å². The van der Waals surface area contributed by atoms with E-state index in [1.165, 1.54) is 0 Å². The van der Waals surface area contributed by atoms with Gasteiger partial charge in [0, 0.05) is 25.4 Å². The van der Waals surface area contributed by atoms with Crippen molar-refractivity contribution < 1.29 is 18.9 Å². The van der Waals surface area contributed by atoms with Gasteiger partial charge < -0.3 is 18.9 Å².